The average molecular weight is 326 g/mol. The smallest absolute Gasteiger partial charge is 0.318 e. The van der Waals surface area contributed by atoms with E-state index in [9.17, 15) is 4.79 Å². The number of hydrogen-bond donors (Lipinski definition) is 1. The second-order valence-electron chi connectivity index (χ2n) is 6.73. The van der Waals surface area contributed by atoms with Gasteiger partial charge < -0.3 is 14.7 Å². The van der Waals surface area contributed by atoms with Gasteiger partial charge in [0, 0.05) is 19.4 Å². The minimum atomic E-state index is -0.142. The number of benzene rings is 1. The molecule has 1 aromatic carbocycles. The van der Waals surface area contributed by atoms with Crippen LogP contribution >= 0.6 is 0 Å². The number of nitrogens with one attached hydrogen (secondary N) is 1. The minimum absolute atomic E-state index is 0.0422. The highest BCUT2D eigenvalue weighted by Gasteiger charge is 2.56. The number of hydrogen-bond acceptors (Lipinski definition) is 4. The second kappa shape index (κ2) is 5.92. The van der Waals surface area contributed by atoms with Gasteiger partial charge in [-0.05, 0) is 18.4 Å². The maximum Gasteiger partial charge on any atom is 0.318 e. The van der Waals surface area contributed by atoms with Gasteiger partial charge in [-0.15, -0.1) is 0 Å². The van der Waals surface area contributed by atoms with Crippen molar-refractivity contribution in [3.05, 3.63) is 47.6 Å². The van der Waals surface area contributed by atoms with E-state index >= 15 is 0 Å². The lowest BCUT2D eigenvalue weighted by Gasteiger charge is -2.61. The van der Waals surface area contributed by atoms with Gasteiger partial charge in [-0.2, -0.15) is 4.98 Å². The molecule has 2 fully saturated rings. The summed E-state index contributed by atoms with van der Waals surface area (Å²) in [6.07, 6.45) is 4.66. The van der Waals surface area contributed by atoms with E-state index in [4.69, 9.17) is 4.52 Å². The van der Waals surface area contributed by atoms with Crippen molar-refractivity contribution in [3.63, 3.8) is 0 Å². The van der Waals surface area contributed by atoms with Crippen LogP contribution in [0.1, 0.15) is 43.0 Å². The summed E-state index contributed by atoms with van der Waals surface area (Å²) in [5, 5.41) is 6.77. The summed E-state index contributed by atoms with van der Waals surface area (Å²) in [4.78, 5) is 18.9. The normalized spacial score (nSPS) is 25.7. The summed E-state index contributed by atoms with van der Waals surface area (Å²) < 4.78 is 4.95. The zero-order valence-electron chi connectivity index (χ0n) is 13.9. The summed E-state index contributed by atoms with van der Waals surface area (Å²) in [7, 11) is 0. The van der Waals surface area contributed by atoms with Gasteiger partial charge in [0.05, 0.1) is 12.1 Å². The number of fused-ring (bicyclic) bond motifs is 1. The summed E-state index contributed by atoms with van der Waals surface area (Å²) >= 11 is 0. The Morgan fingerprint density at radius 1 is 1.38 bits per heavy atom. The Labute approximate surface area is 141 Å². The largest absolute Gasteiger partial charge is 0.340 e. The first-order valence-corrected chi connectivity index (χ1v) is 8.60. The van der Waals surface area contributed by atoms with Gasteiger partial charge in [-0.1, -0.05) is 48.3 Å². The van der Waals surface area contributed by atoms with Crippen molar-refractivity contribution in [2.45, 2.75) is 44.7 Å². The third-order valence-electron chi connectivity index (χ3n) is 5.41. The Morgan fingerprint density at radius 2 is 2.21 bits per heavy atom. The average Bonchev–Trinajstić information content (AvgIpc) is 3.00. The van der Waals surface area contributed by atoms with Crippen LogP contribution in [0.25, 0.3) is 0 Å². The van der Waals surface area contributed by atoms with Crippen LogP contribution in [-0.2, 0) is 12.1 Å². The molecular formula is C18H22N4O2. The number of likely N-dealkylation sites (tertiary alicyclic amines) is 1. The van der Waals surface area contributed by atoms with Crippen LogP contribution in [0.5, 0.6) is 0 Å². The topological polar surface area (TPSA) is 71.3 Å². The van der Waals surface area contributed by atoms with Crippen molar-refractivity contribution in [2.75, 3.05) is 6.54 Å². The molecule has 1 N–H and O–H groups in total. The molecule has 6 nitrogen and oxygen atoms in total. The number of aromatic nitrogens is 2. The van der Waals surface area contributed by atoms with Gasteiger partial charge in [0.25, 0.3) is 0 Å². The number of nitrogens with zero attached hydrogens (tertiary/aromatic N) is 3. The summed E-state index contributed by atoms with van der Waals surface area (Å²) in [6, 6.07) is 10.4. The number of aryl methyl sites for hydroxylation is 1. The van der Waals surface area contributed by atoms with Crippen LogP contribution in [0.4, 0.5) is 4.79 Å². The Hall–Kier alpha value is -2.37. The van der Waals surface area contributed by atoms with E-state index in [-0.39, 0.29) is 11.6 Å². The van der Waals surface area contributed by atoms with E-state index < -0.39 is 0 Å². The molecule has 2 amide bonds. The summed E-state index contributed by atoms with van der Waals surface area (Å²) in [5.41, 5.74) is 1.11. The lowest BCUT2D eigenvalue weighted by molar-refractivity contribution is -0.0794. The standard InChI is InChI=1S/C18H22N4O2/c1-13-20-16(21-24-13)11-19-17(23)22-12-15-9-5-6-10-18(15,22)14-7-3-2-4-8-14/h2-4,7-8,15H,5-6,9-12H2,1H3,(H,19,23)/t15-,18-/m1/s1. The quantitative estimate of drug-likeness (QED) is 0.941. The Kier molecular flexibility index (Phi) is 3.75. The minimum Gasteiger partial charge on any atom is -0.340 e. The van der Waals surface area contributed by atoms with Crippen molar-refractivity contribution in [2.24, 2.45) is 5.92 Å². The molecule has 1 aromatic heterocycles. The summed E-state index contributed by atoms with van der Waals surface area (Å²) in [6.45, 7) is 2.86. The van der Waals surface area contributed by atoms with Crippen LogP contribution in [0.2, 0.25) is 0 Å². The highest BCUT2D eigenvalue weighted by Crippen LogP contribution is 2.53. The van der Waals surface area contributed by atoms with Crippen molar-refractivity contribution in [3.8, 4) is 0 Å². The first kappa shape index (κ1) is 15.2. The molecule has 6 heteroatoms. The molecule has 4 rings (SSSR count). The molecule has 0 spiro atoms. The fourth-order valence-corrected chi connectivity index (χ4v) is 4.29. The molecule has 24 heavy (non-hydrogen) atoms. The van der Waals surface area contributed by atoms with Gasteiger partial charge in [0.15, 0.2) is 5.82 Å². The molecule has 1 aliphatic carbocycles. The maximum absolute atomic E-state index is 12.8. The zero-order chi connectivity index (χ0) is 16.6. The second-order valence-corrected chi connectivity index (χ2v) is 6.73. The lowest BCUT2D eigenvalue weighted by atomic mass is 9.62. The molecule has 2 heterocycles. The maximum atomic E-state index is 12.8. The monoisotopic (exact) mass is 326 g/mol. The van der Waals surface area contributed by atoms with E-state index in [0.29, 0.717) is 24.2 Å². The van der Waals surface area contributed by atoms with Crippen LogP contribution in [-0.4, -0.2) is 27.6 Å². The van der Waals surface area contributed by atoms with Crippen molar-refractivity contribution >= 4 is 6.03 Å². The van der Waals surface area contributed by atoms with Gasteiger partial charge >= 0.3 is 6.03 Å². The molecule has 1 saturated heterocycles. The molecule has 0 bridgehead atoms. The molecule has 2 aromatic rings. The van der Waals surface area contributed by atoms with Crippen molar-refractivity contribution in [1.29, 1.82) is 0 Å². The van der Waals surface area contributed by atoms with E-state index in [0.717, 1.165) is 13.0 Å². The van der Waals surface area contributed by atoms with Gasteiger partial charge in [0.2, 0.25) is 5.89 Å². The zero-order valence-corrected chi connectivity index (χ0v) is 13.9. The highest BCUT2D eigenvalue weighted by molar-refractivity contribution is 5.76. The van der Waals surface area contributed by atoms with E-state index in [1.54, 1.807) is 6.92 Å². The van der Waals surface area contributed by atoms with Crippen LogP contribution < -0.4 is 5.32 Å². The molecule has 1 saturated carbocycles. The Bertz CT molecular complexity index is 730. The van der Waals surface area contributed by atoms with Crippen LogP contribution in [0, 0.1) is 12.8 Å². The number of carbonyl (C=O) groups is 1. The predicted molar refractivity (Wildman–Crippen MR) is 88.1 cm³/mol. The highest BCUT2D eigenvalue weighted by atomic mass is 16.5. The van der Waals surface area contributed by atoms with E-state index in [1.807, 2.05) is 11.0 Å². The van der Waals surface area contributed by atoms with Gasteiger partial charge in [-0.25, -0.2) is 4.79 Å². The van der Waals surface area contributed by atoms with Crippen molar-refractivity contribution in [1.82, 2.24) is 20.4 Å². The molecule has 1 aliphatic heterocycles. The SMILES string of the molecule is Cc1nc(CNC(=O)N2C[C@H]3CCCC[C@@]32c2ccccc2)no1. The Morgan fingerprint density at radius 3 is 2.92 bits per heavy atom. The molecule has 126 valence electrons. The third-order valence-corrected chi connectivity index (χ3v) is 5.41. The first-order valence-electron chi connectivity index (χ1n) is 8.60. The van der Waals surface area contributed by atoms with Crippen molar-refractivity contribution < 1.29 is 9.32 Å². The third kappa shape index (κ3) is 2.37. The number of carbonyl (C=O) groups excluding carboxylic acids is 1. The van der Waals surface area contributed by atoms with Crippen LogP contribution in [0.15, 0.2) is 34.9 Å². The number of urea groups is 1. The van der Waals surface area contributed by atoms with Gasteiger partial charge in [0.1, 0.15) is 0 Å². The number of amides is 2. The summed E-state index contributed by atoms with van der Waals surface area (Å²) in [5.74, 6) is 1.58. The molecule has 2 atom stereocenters. The lowest BCUT2D eigenvalue weighted by Crippen LogP contribution is -2.69. The van der Waals surface area contributed by atoms with Gasteiger partial charge in [-0.3, -0.25) is 0 Å². The van der Waals surface area contributed by atoms with E-state index in [2.05, 4.69) is 39.7 Å². The fourth-order valence-electron chi connectivity index (χ4n) is 4.29. The number of rotatable bonds is 3. The Balaban J connectivity index is 1.52. The first-order chi connectivity index (χ1) is 11.7. The predicted octanol–water partition coefficient (Wildman–Crippen LogP) is 2.99. The van der Waals surface area contributed by atoms with E-state index in [1.165, 1.54) is 24.8 Å². The molecule has 2 aliphatic rings. The molecule has 0 radical (unpaired) electrons. The van der Waals surface area contributed by atoms with Crippen LogP contribution in [0.3, 0.4) is 0 Å². The molecule has 0 unspecified atom stereocenters. The molecular weight excluding hydrogens is 304 g/mol. The fraction of sp³-hybridized carbons (Fsp3) is 0.500.